The van der Waals surface area contributed by atoms with Crippen LogP contribution in [0, 0.1) is 16.7 Å². The molecule has 1 aliphatic rings. The molecule has 1 rings (SSSR count). The van der Waals surface area contributed by atoms with Crippen LogP contribution >= 0.6 is 0 Å². The number of carbonyl (C=O) groups is 1. The minimum absolute atomic E-state index is 0.271. The van der Waals surface area contributed by atoms with Gasteiger partial charge in [-0.2, -0.15) is 18.4 Å². The van der Waals surface area contributed by atoms with Crippen molar-refractivity contribution in [3.63, 3.8) is 0 Å². The molecule has 0 aromatic carbocycles. The molecule has 78 valence electrons. The number of nitrogens with zero attached hydrogens (tertiary/aromatic N) is 1. The van der Waals surface area contributed by atoms with E-state index in [0.717, 1.165) is 0 Å². The molecule has 0 atom stereocenters. The molecular weight excluding hydrogens is 195 g/mol. The van der Waals surface area contributed by atoms with Crippen LogP contribution in [0.5, 0.6) is 0 Å². The van der Waals surface area contributed by atoms with E-state index in [9.17, 15) is 18.0 Å². The fourth-order valence-electron chi connectivity index (χ4n) is 1.80. The lowest BCUT2D eigenvalue weighted by Crippen LogP contribution is -2.41. The third-order valence-corrected chi connectivity index (χ3v) is 2.68. The molecule has 0 radical (unpaired) electrons. The fraction of sp³-hybridized carbons (Fsp3) is 0.778. The van der Waals surface area contributed by atoms with Crippen molar-refractivity contribution in [3.8, 4) is 6.07 Å². The summed E-state index contributed by atoms with van der Waals surface area (Å²) >= 11 is 0. The Labute approximate surface area is 79.7 Å². The Hall–Kier alpha value is -1.05. The van der Waals surface area contributed by atoms with Crippen LogP contribution in [0.25, 0.3) is 0 Å². The molecule has 0 spiro atoms. The molecule has 0 aromatic rings. The highest BCUT2D eigenvalue weighted by molar-refractivity contribution is 5.87. The summed E-state index contributed by atoms with van der Waals surface area (Å²) in [6, 6.07) is 1.61. The molecule has 0 heterocycles. The van der Waals surface area contributed by atoms with Crippen molar-refractivity contribution < 1.29 is 18.0 Å². The number of hydrogen-bond acceptors (Lipinski definition) is 2. The second-order valence-corrected chi connectivity index (χ2v) is 3.68. The minimum Gasteiger partial charge on any atom is -0.298 e. The van der Waals surface area contributed by atoms with Gasteiger partial charge in [0.15, 0.2) is 5.78 Å². The van der Waals surface area contributed by atoms with Crippen molar-refractivity contribution >= 4 is 5.78 Å². The maximum Gasteiger partial charge on any atom is 0.390 e. The van der Waals surface area contributed by atoms with Gasteiger partial charge in [0.05, 0.1) is 18.9 Å². The average molecular weight is 205 g/mol. The molecule has 14 heavy (non-hydrogen) atoms. The van der Waals surface area contributed by atoms with E-state index in [4.69, 9.17) is 5.26 Å². The third-order valence-electron chi connectivity index (χ3n) is 2.68. The Bertz CT molecular complexity index is 273. The second-order valence-electron chi connectivity index (χ2n) is 3.68. The Kier molecular flexibility index (Phi) is 2.84. The minimum atomic E-state index is -4.31. The molecule has 5 heteroatoms. The van der Waals surface area contributed by atoms with Crippen molar-refractivity contribution in [2.75, 3.05) is 0 Å². The molecule has 0 bridgehead atoms. The third kappa shape index (κ3) is 2.25. The Morgan fingerprint density at radius 1 is 1.43 bits per heavy atom. The van der Waals surface area contributed by atoms with Crippen LogP contribution in [0.2, 0.25) is 0 Å². The molecule has 0 N–H and O–H groups in total. The van der Waals surface area contributed by atoms with Crippen LogP contribution in [-0.2, 0) is 4.79 Å². The van der Waals surface area contributed by atoms with Crippen molar-refractivity contribution in [2.24, 2.45) is 5.41 Å². The maximum atomic E-state index is 12.1. The van der Waals surface area contributed by atoms with Crippen molar-refractivity contribution in [1.82, 2.24) is 0 Å². The topological polar surface area (TPSA) is 40.9 Å². The van der Waals surface area contributed by atoms with Gasteiger partial charge in [-0.05, 0) is 12.8 Å². The van der Waals surface area contributed by atoms with Crippen molar-refractivity contribution in [2.45, 2.75) is 38.3 Å². The highest BCUT2D eigenvalue weighted by Crippen LogP contribution is 2.49. The predicted molar refractivity (Wildman–Crippen MR) is 42.2 cm³/mol. The number of ketones is 1. The van der Waals surface area contributed by atoms with Gasteiger partial charge in [0.2, 0.25) is 0 Å². The molecule has 0 unspecified atom stereocenters. The summed E-state index contributed by atoms with van der Waals surface area (Å²) in [5, 5.41) is 8.27. The van der Waals surface area contributed by atoms with Crippen molar-refractivity contribution in [3.05, 3.63) is 0 Å². The molecule has 0 aliphatic heterocycles. The predicted octanol–water partition coefficient (Wildman–Crippen LogP) is 2.59. The van der Waals surface area contributed by atoms with E-state index in [-0.39, 0.29) is 12.8 Å². The fourth-order valence-corrected chi connectivity index (χ4v) is 1.80. The quantitative estimate of drug-likeness (QED) is 0.710. The number of hydrogen-bond donors (Lipinski definition) is 0. The summed E-state index contributed by atoms with van der Waals surface area (Å²) < 4.78 is 36.4. The zero-order valence-corrected chi connectivity index (χ0v) is 7.52. The number of carbonyl (C=O) groups excluding carboxylic acids is 1. The van der Waals surface area contributed by atoms with Gasteiger partial charge in [-0.25, -0.2) is 0 Å². The molecular formula is C9H10F3NO. The lowest BCUT2D eigenvalue weighted by Gasteiger charge is -2.40. The van der Waals surface area contributed by atoms with E-state index < -0.39 is 30.2 Å². The smallest absolute Gasteiger partial charge is 0.298 e. The average Bonchev–Trinajstić information content (AvgIpc) is 1.95. The Morgan fingerprint density at radius 3 is 2.29 bits per heavy atom. The first-order valence-corrected chi connectivity index (χ1v) is 4.37. The van der Waals surface area contributed by atoms with Gasteiger partial charge in [0.1, 0.15) is 0 Å². The first-order valence-electron chi connectivity index (χ1n) is 4.37. The SMILES string of the molecule is N#CCC(=O)C1(CC(F)(F)F)CCC1. The largest absolute Gasteiger partial charge is 0.390 e. The number of Topliss-reactive ketones (excluding diaryl/α,β-unsaturated/α-hetero) is 1. The summed E-state index contributed by atoms with van der Waals surface area (Å²) in [6.45, 7) is 0. The maximum absolute atomic E-state index is 12.1. The lowest BCUT2D eigenvalue weighted by atomic mass is 9.63. The highest BCUT2D eigenvalue weighted by atomic mass is 19.4. The van der Waals surface area contributed by atoms with E-state index >= 15 is 0 Å². The molecule has 1 aliphatic carbocycles. The molecule has 0 saturated heterocycles. The molecule has 1 fully saturated rings. The summed E-state index contributed by atoms with van der Waals surface area (Å²) in [5.74, 6) is -0.552. The van der Waals surface area contributed by atoms with E-state index in [0.29, 0.717) is 6.42 Å². The van der Waals surface area contributed by atoms with Gasteiger partial charge >= 0.3 is 6.18 Å². The van der Waals surface area contributed by atoms with Gasteiger partial charge in [0.25, 0.3) is 0 Å². The van der Waals surface area contributed by atoms with E-state index in [1.807, 2.05) is 0 Å². The zero-order chi connectivity index (χ0) is 10.8. The lowest BCUT2D eigenvalue weighted by molar-refractivity contribution is -0.177. The van der Waals surface area contributed by atoms with Crippen molar-refractivity contribution in [1.29, 1.82) is 5.26 Å². The van der Waals surface area contributed by atoms with Gasteiger partial charge in [-0.1, -0.05) is 6.42 Å². The first-order chi connectivity index (χ1) is 6.40. The summed E-state index contributed by atoms with van der Waals surface area (Å²) in [6.07, 6.45) is -4.60. The first kappa shape index (κ1) is 11.0. The number of nitriles is 1. The molecule has 2 nitrogen and oxygen atoms in total. The monoisotopic (exact) mass is 205 g/mol. The van der Waals surface area contributed by atoms with Gasteiger partial charge in [0, 0.05) is 5.41 Å². The van der Waals surface area contributed by atoms with E-state index in [1.54, 1.807) is 6.07 Å². The summed E-state index contributed by atoms with van der Waals surface area (Å²) in [4.78, 5) is 11.3. The second kappa shape index (κ2) is 3.60. The normalized spacial score (nSPS) is 19.6. The Balaban J connectivity index is 2.68. The number of rotatable bonds is 3. The summed E-state index contributed by atoms with van der Waals surface area (Å²) in [5.41, 5.74) is -1.27. The zero-order valence-electron chi connectivity index (χ0n) is 7.52. The van der Waals surface area contributed by atoms with Crippen LogP contribution in [0.3, 0.4) is 0 Å². The van der Waals surface area contributed by atoms with Crippen LogP contribution in [0.1, 0.15) is 32.1 Å². The molecule has 0 amide bonds. The Morgan fingerprint density at radius 2 is 2.00 bits per heavy atom. The van der Waals surface area contributed by atoms with E-state index in [1.165, 1.54) is 0 Å². The van der Waals surface area contributed by atoms with E-state index in [2.05, 4.69) is 0 Å². The van der Waals surface area contributed by atoms with Crippen LogP contribution < -0.4 is 0 Å². The van der Waals surface area contributed by atoms with Crippen LogP contribution in [-0.4, -0.2) is 12.0 Å². The molecule has 1 saturated carbocycles. The number of alkyl halides is 3. The van der Waals surface area contributed by atoms with Gasteiger partial charge in [-0.3, -0.25) is 4.79 Å². The number of halogens is 3. The molecule has 0 aromatic heterocycles. The van der Waals surface area contributed by atoms with Gasteiger partial charge < -0.3 is 0 Å². The van der Waals surface area contributed by atoms with Crippen LogP contribution in [0.15, 0.2) is 0 Å². The summed E-state index contributed by atoms with van der Waals surface area (Å²) in [7, 11) is 0. The highest BCUT2D eigenvalue weighted by Gasteiger charge is 2.50. The van der Waals surface area contributed by atoms with Crippen LogP contribution in [0.4, 0.5) is 13.2 Å². The standard InChI is InChI=1S/C9H10F3NO/c10-9(11,12)6-8(3-1-4-8)7(14)2-5-13/h1-4,6H2. The van der Waals surface area contributed by atoms with Gasteiger partial charge in [-0.15, -0.1) is 0 Å².